The number of halogens is 1. The van der Waals surface area contributed by atoms with Crippen LogP contribution < -0.4 is 15.2 Å². The summed E-state index contributed by atoms with van der Waals surface area (Å²) in [5, 5.41) is 8.63. The van der Waals surface area contributed by atoms with Crippen LogP contribution in [-0.4, -0.2) is 14.2 Å². The number of ether oxygens (including phenoxy) is 2. The first-order chi connectivity index (χ1) is 6.72. The normalized spacial score (nSPS) is 10.8. The van der Waals surface area contributed by atoms with E-state index < -0.39 is 6.04 Å². The Labute approximate surface area is 95.0 Å². The highest BCUT2D eigenvalue weighted by Crippen LogP contribution is 2.29. The van der Waals surface area contributed by atoms with E-state index in [1.807, 2.05) is 6.07 Å². The topological polar surface area (TPSA) is 68.3 Å². The molecule has 4 nitrogen and oxygen atoms in total. The Morgan fingerprint density at radius 2 is 1.87 bits per heavy atom. The van der Waals surface area contributed by atoms with Crippen LogP contribution in [0.2, 0.25) is 0 Å². The predicted molar refractivity (Wildman–Crippen MR) is 59.3 cm³/mol. The molecule has 0 heterocycles. The van der Waals surface area contributed by atoms with Gasteiger partial charge < -0.3 is 15.2 Å². The Hall–Kier alpha value is -1.44. The third-order valence-electron chi connectivity index (χ3n) is 1.91. The van der Waals surface area contributed by atoms with Crippen molar-refractivity contribution in [3.8, 4) is 17.6 Å². The summed E-state index contributed by atoms with van der Waals surface area (Å²) in [5.74, 6) is 1.21. The number of hydrogen-bond acceptors (Lipinski definition) is 4. The van der Waals surface area contributed by atoms with Gasteiger partial charge in [0.25, 0.3) is 0 Å². The van der Waals surface area contributed by atoms with Crippen LogP contribution in [-0.2, 0) is 0 Å². The Bertz CT molecular complexity index is 363. The molecule has 0 aliphatic heterocycles. The maximum atomic E-state index is 8.63. The summed E-state index contributed by atoms with van der Waals surface area (Å²) >= 11 is 0. The second-order valence-corrected chi connectivity index (χ2v) is 2.72. The fourth-order valence-electron chi connectivity index (χ4n) is 1.12. The zero-order valence-electron chi connectivity index (χ0n) is 8.56. The third-order valence-corrected chi connectivity index (χ3v) is 1.91. The van der Waals surface area contributed by atoms with E-state index in [1.165, 1.54) is 0 Å². The van der Waals surface area contributed by atoms with E-state index in [9.17, 15) is 0 Å². The Morgan fingerprint density at radius 3 is 2.33 bits per heavy atom. The van der Waals surface area contributed by atoms with Crippen LogP contribution in [0.15, 0.2) is 18.2 Å². The smallest absolute Gasteiger partial charge is 0.161 e. The lowest BCUT2D eigenvalue weighted by atomic mass is 10.1. The van der Waals surface area contributed by atoms with Crippen molar-refractivity contribution in [2.45, 2.75) is 6.04 Å². The maximum Gasteiger partial charge on any atom is 0.161 e. The molecule has 0 aromatic heterocycles. The summed E-state index contributed by atoms with van der Waals surface area (Å²) in [5.41, 5.74) is 6.27. The molecule has 0 fully saturated rings. The number of nitrogens with two attached hydrogens (primary N) is 1. The van der Waals surface area contributed by atoms with Crippen LogP contribution in [0.4, 0.5) is 0 Å². The van der Waals surface area contributed by atoms with Gasteiger partial charge in [-0.25, -0.2) is 0 Å². The summed E-state index contributed by atoms with van der Waals surface area (Å²) in [6.45, 7) is 0. The molecule has 1 rings (SSSR count). The number of methoxy groups -OCH3 is 2. The van der Waals surface area contributed by atoms with Crippen molar-refractivity contribution in [2.24, 2.45) is 5.73 Å². The van der Waals surface area contributed by atoms with E-state index >= 15 is 0 Å². The molecular weight excluding hydrogens is 216 g/mol. The molecule has 0 bridgehead atoms. The van der Waals surface area contributed by atoms with E-state index in [0.717, 1.165) is 0 Å². The summed E-state index contributed by atoms with van der Waals surface area (Å²) in [6.07, 6.45) is 0. The molecule has 0 spiro atoms. The molecule has 0 aliphatic carbocycles. The van der Waals surface area contributed by atoms with Gasteiger partial charge in [-0.3, -0.25) is 0 Å². The fraction of sp³-hybridized carbons (Fsp3) is 0.300. The molecule has 1 aromatic rings. The van der Waals surface area contributed by atoms with E-state index in [1.54, 1.807) is 32.4 Å². The number of benzene rings is 1. The Morgan fingerprint density at radius 1 is 1.27 bits per heavy atom. The quantitative estimate of drug-likeness (QED) is 0.854. The molecule has 1 atom stereocenters. The van der Waals surface area contributed by atoms with Crippen LogP contribution in [0.3, 0.4) is 0 Å². The van der Waals surface area contributed by atoms with Crippen molar-refractivity contribution in [3.05, 3.63) is 23.8 Å². The van der Waals surface area contributed by atoms with Gasteiger partial charge in [0, 0.05) is 0 Å². The number of hydrogen-bond donors (Lipinski definition) is 1. The lowest BCUT2D eigenvalue weighted by molar-refractivity contribution is 0.354. The average Bonchev–Trinajstić information content (AvgIpc) is 2.26. The van der Waals surface area contributed by atoms with Crippen molar-refractivity contribution in [1.29, 1.82) is 5.26 Å². The minimum atomic E-state index is -0.630. The molecule has 15 heavy (non-hydrogen) atoms. The first-order valence-electron chi connectivity index (χ1n) is 4.10. The van der Waals surface area contributed by atoms with E-state index in [-0.39, 0.29) is 12.4 Å². The number of nitriles is 1. The monoisotopic (exact) mass is 228 g/mol. The zero-order chi connectivity index (χ0) is 10.6. The Kier molecular flexibility index (Phi) is 5.53. The van der Waals surface area contributed by atoms with Gasteiger partial charge in [-0.2, -0.15) is 5.26 Å². The van der Waals surface area contributed by atoms with Crippen molar-refractivity contribution in [1.82, 2.24) is 0 Å². The van der Waals surface area contributed by atoms with Gasteiger partial charge in [-0.15, -0.1) is 12.4 Å². The number of rotatable bonds is 3. The Balaban J connectivity index is 0.00000196. The highest BCUT2D eigenvalue weighted by atomic mass is 35.5. The van der Waals surface area contributed by atoms with Crippen LogP contribution in [0.25, 0.3) is 0 Å². The van der Waals surface area contributed by atoms with Gasteiger partial charge in [-0.05, 0) is 17.7 Å². The molecule has 5 heteroatoms. The third kappa shape index (κ3) is 3.01. The molecule has 0 unspecified atom stereocenters. The maximum absolute atomic E-state index is 8.63. The second-order valence-electron chi connectivity index (χ2n) is 2.72. The van der Waals surface area contributed by atoms with Crippen molar-refractivity contribution < 1.29 is 9.47 Å². The van der Waals surface area contributed by atoms with Gasteiger partial charge in [0.15, 0.2) is 11.5 Å². The summed E-state index contributed by atoms with van der Waals surface area (Å²) in [7, 11) is 3.10. The van der Waals surface area contributed by atoms with E-state index in [2.05, 4.69) is 0 Å². The molecule has 2 N–H and O–H groups in total. The highest BCUT2D eigenvalue weighted by Gasteiger charge is 2.09. The van der Waals surface area contributed by atoms with E-state index in [4.69, 9.17) is 20.5 Å². The molecule has 1 aromatic carbocycles. The van der Waals surface area contributed by atoms with Crippen molar-refractivity contribution in [3.63, 3.8) is 0 Å². The van der Waals surface area contributed by atoms with Gasteiger partial charge >= 0.3 is 0 Å². The van der Waals surface area contributed by atoms with E-state index in [0.29, 0.717) is 17.1 Å². The molecular formula is C10H13ClN2O2. The SMILES string of the molecule is COc1ccc([C@@H](N)C#N)cc1OC.Cl. The van der Waals surface area contributed by atoms with Gasteiger partial charge in [-0.1, -0.05) is 6.07 Å². The average molecular weight is 229 g/mol. The molecule has 0 amide bonds. The summed E-state index contributed by atoms with van der Waals surface area (Å²) in [6, 6.07) is 6.50. The second kappa shape index (κ2) is 6.12. The molecule has 0 saturated heterocycles. The van der Waals surface area contributed by atoms with Crippen LogP contribution in [0.1, 0.15) is 11.6 Å². The van der Waals surface area contributed by atoms with Crippen molar-refractivity contribution >= 4 is 12.4 Å². The molecule has 0 aliphatic rings. The molecule has 0 radical (unpaired) electrons. The lowest BCUT2D eigenvalue weighted by Crippen LogP contribution is -2.07. The van der Waals surface area contributed by atoms with Gasteiger partial charge in [0.2, 0.25) is 0 Å². The molecule has 82 valence electrons. The fourth-order valence-corrected chi connectivity index (χ4v) is 1.12. The van der Waals surface area contributed by atoms with Gasteiger partial charge in [0.05, 0.1) is 20.3 Å². The van der Waals surface area contributed by atoms with Gasteiger partial charge in [0.1, 0.15) is 6.04 Å². The minimum absolute atomic E-state index is 0. The first kappa shape index (κ1) is 13.6. The zero-order valence-corrected chi connectivity index (χ0v) is 9.38. The first-order valence-corrected chi connectivity index (χ1v) is 4.10. The predicted octanol–water partition coefficient (Wildman–Crippen LogP) is 1.65. The number of nitrogens with zero attached hydrogens (tertiary/aromatic N) is 1. The van der Waals surface area contributed by atoms with Crippen LogP contribution in [0.5, 0.6) is 11.5 Å². The highest BCUT2D eigenvalue weighted by molar-refractivity contribution is 5.85. The largest absolute Gasteiger partial charge is 0.493 e. The van der Waals surface area contributed by atoms with Crippen molar-refractivity contribution in [2.75, 3.05) is 14.2 Å². The summed E-state index contributed by atoms with van der Waals surface area (Å²) in [4.78, 5) is 0. The lowest BCUT2D eigenvalue weighted by Gasteiger charge is -2.10. The van der Waals surface area contributed by atoms with Crippen LogP contribution in [0, 0.1) is 11.3 Å². The molecule has 0 saturated carbocycles. The minimum Gasteiger partial charge on any atom is -0.493 e. The van der Waals surface area contributed by atoms with Crippen LogP contribution >= 0.6 is 12.4 Å². The summed E-state index contributed by atoms with van der Waals surface area (Å²) < 4.78 is 10.1. The standard InChI is InChI=1S/C10H12N2O2.ClH/c1-13-9-4-3-7(8(12)6-11)5-10(9)14-2;/h3-5,8H,12H2,1-2H3;1H/t8-;/m0./s1.